The van der Waals surface area contributed by atoms with E-state index in [4.69, 9.17) is 15.0 Å². The van der Waals surface area contributed by atoms with Gasteiger partial charge in [-0.1, -0.05) is 30.6 Å². The molecule has 4 rings (SSSR count). The van der Waals surface area contributed by atoms with Gasteiger partial charge in [0.05, 0.1) is 16.4 Å². The Morgan fingerprint density at radius 3 is 2.74 bits per heavy atom. The molecule has 0 radical (unpaired) electrons. The predicted molar refractivity (Wildman–Crippen MR) is 108 cm³/mol. The molecule has 1 saturated carbocycles. The van der Waals surface area contributed by atoms with E-state index in [2.05, 4.69) is 17.2 Å². The van der Waals surface area contributed by atoms with E-state index >= 15 is 0 Å². The largest absolute Gasteiger partial charge is 0.456 e. The molecular weight excluding hydrogens is 356 g/mol. The Bertz CT molecular complexity index is 954. The number of nitrogens with zero attached hydrogens (tertiary/aromatic N) is 3. The average molecular weight is 379 g/mol. The van der Waals surface area contributed by atoms with E-state index in [1.807, 2.05) is 24.3 Å². The van der Waals surface area contributed by atoms with E-state index in [1.165, 1.54) is 32.1 Å². The summed E-state index contributed by atoms with van der Waals surface area (Å²) in [5.41, 5.74) is 1.35. The van der Waals surface area contributed by atoms with Gasteiger partial charge in [0.25, 0.3) is 0 Å². The van der Waals surface area contributed by atoms with Crippen LogP contribution in [0.2, 0.25) is 0 Å². The van der Waals surface area contributed by atoms with E-state index in [0.717, 1.165) is 27.0 Å². The topological polar surface area (TPSA) is 70.8 Å². The zero-order chi connectivity index (χ0) is 18.6. The number of fused-ring (bicyclic) bond motifs is 1. The van der Waals surface area contributed by atoms with Crippen LogP contribution in [0.3, 0.4) is 0 Å². The highest BCUT2D eigenvalue weighted by molar-refractivity contribution is 7.22. The molecule has 1 N–H and O–H groups in total. The van der Waals surface area contributed by atoms with Crippen LogP contribution < -0.4 is 10.1 Å². The molecule has 138 valence electrons. The van der Waals surface area contributed by atoms with Gasteiger partial charge >= 0.3 is 0 Å². The first-order valence-electron chi connectivity index (χ1n) is 9.42. The van der Waals surface area contributed by atoms with Crippen molar-refractivity contribution in [1.29, 1.82) is 5.26 Å². The first-order chi connectivity index (χ1) is 13.2. The molecule has 1 unspecified atom stereocenters. The number of hydrogen-bond acceptors (Lipinski definition) is 6. The van der Waals surface area contributed by atoms with Crippen molar-refractivity contribution >= 4 is 26.7 Å². The van der Waals surface area contributed by atoms with Gasteiger partial charge in [-0.15, -0.1) is 0 Å². The van der Waals surface area contributed by atoms with Crippen molar-refractivity contribution in [2.45, 2.75) is 45.1 Å². The number of benzene rings is 1. The van der Waals surface area contributed by atoms with Gasteiger partial charge in [-0.3, -0.25) is 0 Å². The smallest absolute Gasteiger partial charge is 0.184 e. The minimum atomic E-state index is 0.378. The summed E-state index contributed by atoms with van der Waals surface area (Å²) in [6, 6.07) is 11.7. The summed E-state index contributed by atoms with van der Waals surface area (Å²) in [6.07, 6.45) is 8.27. The van der Waals surface area contributed by atoms with Crippen molar-refractivity contribution in [3.63, 3.8) is 0 Å². The highest BCUT2D eigenvalue weighted by Gasteiger charge is 2.20. The molecule has 0 aliphatic heterocycles. The molecule has 6 heteroatoms. The Hall–Kier alpha value is -2.65. The Balaban J connectivity index is 1.46. The molecule has 1 atom stereocenters. The number of anilines is 1. The number of nitriles is 1. The van der Waals surface area contributed by atoms with Gasteiger partial charge in [-0.2, -0.15) is 5.26 Å². The molecule has 0 saturated heterocycles. The average Bonchev–Trinajstić information content (AvgIpc) is 3.10. The third-order valence-corrected chi connectivity index (χ3v) is 6.10. The standard InChI is InChI=1S/C21H22N4OS/c1-14(15-5-3-2-4-6-15)24-21-25-19-10-9-17(11-20(19)27-21)26-18-8-7-16(12-22)23-13-18/h7-11,13-15H,2-6H2,1H3,(H,24,25). The van der Waals surface area contributed by atoms with Crippen LogP contribution in [-0.4, -0.2) is 16.0 Å². The van der Waals surface area contributed by atoms with Gasteiger partial charge in [-0.05, 0) is 49.9 Å². The maximum atomic E-state index is 8.82. The van der Waals surface area contributed by atoms with Crippen LogP contribution >= 0.6 is 11.3 Å². The Kier molecular flexibility index (Phi) is 5.21. The maximum Gasteiger partial charge on any atom is 0.184 e. The molecule has 5 nitrogen and oxygen atoms in total. The number of nitrogens with one attached hydrogen (secondary N) is 1. The molecule has 1 aromatic carbocycles. The van der Waals surface area contributed by atoms with Crippen LogP contribution in [0, 0.1) is 17.2 Å². The van der Waals surface area contributed by atoms with Gasteiger partial charge in [0.1, 0.15) is 23.3 Å². The van der Waals surface area contributed by atoms with Crippen molar-refractivity contribution in [3.05, 3.63) is 42.2 Å². The lowest BCUT2D eigenvalue weighted by Gasteiger charge is -2.28. The monoisotopic (exact) mass is 378 g/mol. The van der Waals surface area contributed by atoms with E-state index in [-0.39, 0.29) is 0 Å². The summed E-state index contributed by atoms with van der Waals surface area (Å²) in [7, 11) is 0. The van der Waals surface area contributed by atoms with Gasteiger partial charge < -0.3 is 10.1 Å². The minimum absolute atomic E-state index is 0.378. The zero-order valence-corrected chi connectivity index (χ0v) is 16.1. The second kappa shape index (κ2) is 7.93. The summed E-state index contributed by atoms with van der Waals surface area (Å²) >= 11 is 1.66. The van der Waals surface area contributed by atoms with Crippen LogP contribution in [0.1, 0.15) is 44.7 Å². The van der Waals surface area contributed by atoms with Crippen LogP contribution in [0.5, 0.6) is 11.5 Å². The lowest BCUT2D eigenvalue weighted by molar-refractivity contribution is 0.328. The lowest BCUT2D eigenvalue weighted by Crippen LogP contribution is -2.27. The van der Waals surface area contributed by atoms with E-state index in [0.29, 0.717) is 17.5 Å². The quantitative estimate of drug-likeness (QED) is 0.613. The highest BCUT2D eigenvalue weighted by Crippen LogP contribution is 2.33. The first-order valence-corrected chi connectivity index (χ1v) is 10.2. The molecule has 1 aliphatic carbocycles. The molecule has 2 heterocycles. The number of pyridine rings is 1. The van der Waals surface area contributed by atoms with Crippen molar-refractivity contribution in [2.75, 3.05) is 5.32 Å². The second-order valence-corrected chi connectivity index (χ2v) is 8.10. The van der Waals surface area contributed by atoms with E-state index < -0.39 is 0 Å². The third kappa shape index (κ3) is 4.20. The summed E-state index contributed by atoms with van der Waals surface area (Å²) < 4.78 is 6.95. The molecule has 2 aromatic heterocycles. The fourth-order valence-corrected chi connectivity index (χ4v) is 4.61. The number of aromatic nitrogens is 2. The van der Waals surface area contributed by atoms with Crippen LogP contribution in [0.25, 0.3) is 10.2 Å². The Morgan fingerprint density at radius 2 is 2.00 bits per heavy atom. The second-order valence-electron chi connectivity index (χ2n) is 7.07. The summed E-state index contributed by atoms with van der Waals surface area (Å²) in [5, 5.41) is 13.4. The zero-order valence-electron chi connectivity index (χ0n) is 15.3. The molecule has 0 spiro atoms. The lowest BCUT2D eigenvalue weighted by atomic mass is 9.85. The molecule has 0 bridgehead atoms. The van der Waals surface area contributed by atoms with E-state index in [9.17, 15) is 0 Å². The summed E-state index contributed by atoms with van der Waals surface area (Å²) in [6.45, 7) is 2.27. The highest BCUT2D eigenvalue weighted by atomic mass is 32.1. The predicted octanol–water partition coefficient (Wildman–Crippen LogP) is 5.74. The first kappa shape index (κ1) is 17.7. The normalized spacial score (nSPS) is 16.0. The number of thiazole rings is 1. The van der Waals surface area contributed by atoms with Crippen LogP contribution in [0.15, 0.2) is 36.5 Å². The van der Waals surface area contributed by atoms with E-state index in [1.54, 1.807) is 29.7 Å². The molecule has 0 amide bonds. The summed E-state index contributed by atoms with van der Waals surface area (Å²) in [4.78, 5) is 8.75. The molecule has 1 aliphatic rings. The fraction of sp³-hybridized carbons (Fsp3) is 0.381. The minimum Gasteiger partial charge on any atom is -0.456 e. The number of ether oxygens (including phenoxy) is 1. The maximum absolute atomic E-state index is 8.82. The summed E-state index contributed by atoms with van der Waals surface area (Å²) in [5.74, 6) is 2.10. The molecule has 27 heavy (non-hydrogen) atoms. The molecule has 3 aromatic rings. The van der Waals surface area contributed by atoms with Crippen molar-refractivity contribution < 1.29 is 4.74 Å². The third-order valence-electron chi connectivity index (χ3n) is 5.15. The van der Waals surface area contributed by atoms with Gasteiger partial charge in [0.2, 0.25) is 0 Å². The van der Waals surface area contributed by atoms with Crippen molar-refractivity contribution in [1.82, 2.24) is 9.97 Å². The van der Waals surface area contributed by atoms with Gasteiger partial charge in [0, 0.05) is 12.1 Å². The van der Waals surface area contributed by atoms with Crippen LogP contribution in [0.4, 0.5) is 5.13 Å². The van der Waals surface area contributed by atoms with Crippen LogP contribution in [-0.2, 0) is 0 Å². The number of rotatable bonds is 5. The molecular formula is C21H22N4OS. The molecule has 1 fully saturated rings. The Morgan fingerprint density at radius 1 is 1.19 bits per heavy atom. The van der Waals surface area contributed by atoms with Gasteiger partial charge in [0.15, 0.2) is 5.13 Å². The van der Waals surface area contributed by atoms with Crippen molar-refractivity contribution in [3.8, 4) is 17.6 Å². The van der Waals surface area contributed by atoms with Gasteiger partial charge in [-0.25, -0.2) is 9.97 Å². The SMILES string of the molecule is CC(Nc1nc2ccc(Oc3ccc(C#N)nc3)cc2s1)C1CCCCC1. The fourth-order valence-electron chi connectivity index (χ4n) is 3.62. The number of hydrogen-bond donors (Lipinski definition) is 1. The Labute approximate surface area is 163 Å². The van der Waals surface area contributed by atoms with Crippen molar-refractivity contribution in [2.24, 2.45) is 5.92 Å².